The molecular formula is C29H23ClN2O3S. The lowest BCUT2D eigenvalue weighted by molar-refractivity contribution is 0.0947. The van der Waals surface area contributed by atoms with Crippen molar-refractivity contribution in [3.8, 4) is 0 Å². The van der Waals surface area contributed by atoms with Crippen molar-refractivity contribution in [3.63, 3.8) is 0 Å². The molecule has 5 nitrogen and oxygen atoms in total. The third-order valence-corrected chi connectivity index (χ3v) is 7.85. The van der Waals surface area contributed by atoms with E-state index in [2.05, 4.69) is 5.32 Å². The average Bonchev–Trinajstić information content (AvgIpc) is 2.98. The van der Waals surface area contributed by atoms with Gasteiger partial charge in [-0.1, -0.05) is 65.7 Å². The molecule has 36 heavy (non-hydrogen) atoms. The minimum atomic E-state index is -1.58. The maximum absolute atomic E-state index is 13.7. The molecule has 1 atom stereocenters. The summed E-state index contributed by atoms with van der Waals surface area (Å²) in [5.41, 5.74) is 4.21. The predicted molar refractivity (Wildman–Crippen MR) is 142 cm³/mol. The molecule has 0 bridgehead atoms. The number of hydrogen-bond acceptors (Lipinski definition) is 3. The van der Waals surface area contributed by atoms with E-state index in [1.807, 2.05) is 43.3 Å². The first-order chi connectivity index (χ1) is 17.4. The van der Waals surface area contributed by atoms with Crippen LogP contribution in [0.2, 0.25) is 5.02 Å². The second-order valence-corrected chi connectivity index (χ2v) is 10.5. The molecule has 0 spiro atoms. The Morgan fingerprint density at radius 3 is 2.33 bits per heavy atom. The van der Waals surface area contributed by atoms with Crippen LogP contribution in [0.5, 0.6) is 0 Å². The second-order valence-electron chi connectivity index (χ2n) is 8.63. The largest absolute Gasteiger partial charge is 0.348 e. The highest BCUT2D eigenvalue weighted by molar-refractivity contribution is 7.85. The standard InChI is InChI=1S/C29H23ClN2O3S/c1-19-6-8-20(9-7-19)17-31-28(33)22-12-15-27-25(16-22)32(18-21-10-13-23(30)14-11-21)29(34)24-4-2-3-5-26(24)36(27)35/h2-16H,17-18H2,1H3,(H,31,33). The molecule has 0 fully saturated rings. The van der Waals surface area contributed by atoms with Crippen molar-refractivity contribution in [1.29, 1.82) is 0 Å². The van der Waals surface area contributed by atoms with Crippen molar-refractivity contribution in [2.45, 2.75) is 29.8 Å². The Labute approximate surface area is 217 Å². The molecule has 1 unspecified atom stereocenters. The van der Waals surface area contributed by atoms with Crippen LogP contribution in [0.4, 0.5) is 5.69 Å². The molecule has 1 heterocycles. The Kier molecular flexibility index (Phi) is 6.72. The quantitative estimate of drug-likeness (QED) is 0.360. The topological polar surface area (TPSA) is 66.5 Å². The van der Waals surface area contributed by atoms with Crippen LogP contribution >= 0.6 is 11.6 Å². The molecule has 4 aromatic rings. The summed E-state index contributed by atoms with van der Waals surface area (Å²) in [6.45, 7) is 2.63. The molecular weight excluding hydrogens is 492 g/mol. The van der Waals surface area contributed by atoms with Gasteiger partial charge in [0.15, 0.2) is 0 Å². The number of carbonyl (C=O) groups excluding carboxylic acids is 2. The van der Waals surface area contributed by atoms with E-state index in [-0.39, 0.29) is 18.4 Å². The Morgan fingerprint density at radius 1 is 0.889 bits per heavy atom. The molecule has 0 aromatic heterocycles. The molecule has 0 saturated heterocycles. The number of amides is 2. The van der Waals surface area contributed by atoms with Gasteiger partial charge in [-0.3, -0.25) is 9.59 Å². The summed E-state index contributed by atoms with van der Waals surface area (Å²) in [7, 11) is -1.58. The van der Waals surface area contributed by atoms with Gasteiger partial charge in [-0.2, -0.15) is 0 Å². The fourth-order valence-electron chi connectivity index (χ4n) is 4.12. The van der Waals surface area contributed by atoms with Crippen molar-refractivity contribution in [1.82, 2.24) is 5.32 Å². The lowest BCUT2D eigenvalue weighted by Crippen LogP contribution is -2.31. The second kappa shape index (κ2) is 10.1. The molecule has 1 aliphatic rings. The third-order valence-electron chi connectivity index (χ3n) is 6.10. The summed E-state index contributed by atoms with van der Waals surface area (Å²) in [5, 5.41) is 3.53. The van der Waals surface area contributed by atoms with Crippen LogP contribution in [-0.2, 0) is 23.9 Å². The lowest BCUT2D eigenvalue weighted by Gasteiger charge is -2.23. The molecule has 5 rings (SSSR count). The summed E-state index contributed by atoms with van der Waals surface area (Å²) < 4.78 is 13.5. The van der Waals surface area contributed by atoms with E-state index in [9.17, 15) is 13.8 Å². The fraction of sp³-hybridized carbons (Fsp3) is 0.103. The summed E-state index contributed by atoms with van der Waals surface area (Å²) in [6.07, 6.45) is 0. The zero-order valence-electron chi connectivity index (χ0n) is 19.5. The van der Waals surface area contributed by atoms with Crippen molar-refractivity contribution < 1.29 is 13.8 Å². The minimum absolute atomic E-state index is 0.239. The molecule has 2 amide bonds. The normalized spacial score (nSPS) is 14.6. The van der Waals surface area contributed by atoms with Crippen LogP contribution in [0.1, 0.15) is 37.4 Å². The van der Waals surface area contributed by atoms with Crippen LogP contribution in [0.3, 0.4) is 0 Å². The van der Waals surface area contributed by atoms with Crippen LogP contribution < -0.4 is 10.2 Å². The van der Waals surface area contributed by atoms with Gasteiger partial charge < -0.3 is 10.2 Å². The number of rotatable bonds is 5. The maximum atomic E-state index is 13.7. The van der Waals surface area contributed by atoms with E-state index in [0.717, 1.165) is 16.7 Å². The Balaban J connectivity index is 1.52. The van der Waals surface area contributed by atoms with E-state index in [4.69, 9.17) is 11.6 Å². The highest BCUT2D eigenvalue weighted by Gasteiger charge is 2.31. The first-order valence-electron chi connectivity index (χ1n) is 11.5. The van der Waals surface area contributed by atoms with Crippen LogP contribution in [0.25, 0.3) is 0 Å². The number of hydrogen-bond donors (Lipinski definition) is 1. The Morgan fingerprint density at radius 2 is 1.58 bits per heavy atom. The molecule has 180 valence electrons. The fourth-order valence-corrected chi connectivity index (χ4v) is 5.60. The number of nitrogens with zero attached hydrogens (tertiary/aromatic N) is 1. The number of benzene rings is 4. The van der Waals surface area contributed by atoms with E-state index in [0.29, 0.717) is 38.2 Å². The van der Waals surface area contributed by atoms with Crippen molar-refractivity contribution in [2.75, 3.05) is 4.90 Å². The number of aryl methyl sites for hydroxylation is 1. The first kappa shape index (κ1) is 24.0. The van der Waals surface area contributed by atoms with Crippen LogP contribution in [-0.4, -0.2) is 16.0 Å². The van der Waals surface area contributed by atoms with Gasteiger partial charge in [-0.25, -0.2) is 4.21 Å². The summed E-state index contributed by atoms with van der Waals surface area (Å²) in [6, 6.07) is 27.1. The molecule has 4 aromatic carbocycles. The number of fused-ring (bicyclic) bond motifs is 2. The van der Waals surface area contributed by atoms with Gasteiger partial charge in [-0.05, 0) is 60.5 Å². The zero-order chi connectivity index (χ0) is 25.2. The van der Waals surface area contributed by atoms with Gasteiger partial charge in [0.25, 0.3) is 11.8 Å². The first-order valence-corrected chi connectivity index (χ1v) is 13.0. The van der Waals surface area contributed by atoms with Crippen molar-refractivity contribution in [2.24, 2.45) is 0 Å². The van der Waals surface area contributed by atoms with Gasteiger partial charge in [0.05, 0.1) is 38.4 Å². The van der Waals surface area contributed by atoms with Crippen molar-refractivity contribution >= 4 is 39.9 Å². The molecule has 0 radical (unpaired) electrons. The number of carbonyl (C=O) groups is 2. The predicted octanol–water partition coefficient (Wildman–Crippen LogP) is 5.91. The summed E-state index contributed by atoms with van der Waals surface area (Å²) in [5.74, 6) is -0.547. The molecule has 7 heteroatoms. The van der Waals surface area contributed by atoms with Gasteiger partial charge in [0.2, 0.25) is 0 Å². The third kappa shape index (κ3) is 4.83. The highest BCUT2D eigenvalue weighted by atomic mass is 35.5. The van der Waals surface area contributed by atoms with Gasteiger partial charge >= 0.3 is 0 Å². The SMILES string of the molecule is Cc1ccc(CNC(=O)c2ccc3c(c2)N(Cc2ccc(Cl)cc2)C(=O)c2ccccc2S3=O)cc1. The van der Waals surface area contributed by atoms with Gasteiger partial charge in [0.1, 0.15) is 0 Å². The number of anilines is 1. The van der Waals surface area contributed by atoms with E-state index >= 15 is 0 Å². The van der Waals surface area contributed by atoms with Crippen LogP contribution in [0.15, 0.2) is 101 Å². The Hall–Kier alpha value is -3.74. The molecule has 1 N–H and O–H groups in total. The number of halogens is 1. The summed E-state index contributed by atoms with van der Waals surface area (Å²) >= 11 is 6.05. The number of nitrogens with one attached hydrogen (secondary N) is 1. The van der Waals surface area contributed by atoms with E-state index < -0.39 is 10.8 Å². The molecule has 1 aliphatic heterocycles. The Bertz CT molecular complexity index is 1480. The van der Waals surface area contributed by atoms with Gasteiger partial charge in [-0.15, -0.1) is 0 Å². The lowest BCUT2D eigenvalue weighted by atomic mass is 10.1. The monoisotopic (exact) mass is 514 g/mol. The maximum Gasteiger partial charge on any atom is 0.259 e. The average molecular weight is 515 g/mol. The van der Waals surface area contributed by atoms with Crippen LogP contribution in [0, 0.1) is 6.92 Å². The minimum Gasteiger partial charge on any atom is -0.348 e. The molecule has 0 saturated carbocycles. The van der Waals surface area contributed by atoms with Crippen molar-refractivity contribution in [3.05, 3.63) is 124 Å². The smallest absolute Gasteiger partial charge is 0.259 e. The highest BCUT2D eigenvalue weighted by Crippen LogP contribution is 2.36. The van der Waals surface area contributed by atoms with E-state index in [1.165, 1.54) is 0 Å². The summed E-state index contributed by atoms with van der Waals surface area (Å²) in [4.78, 5) is 29.3. The zero-order valence-corrected chi connectivity index (χ0v) is 21.1. The van der Waals surface area contributed by atoms with E-state index in [1.54, 1.807) is 59.5 Å². The van der Waals surface area contributed by atoms with Gasteiger partial charge in [0, 0.05) is 17.1 Å². The molecule has 0 aliphatic carbocycles.